The summed E-state index contributed by atoms with van der Waals surface area (Å²) < 4.78 is 130. The van der Waals surface area contributed by atoms with Crippen molar-refractivity contribution in [2.24, 2.45) is 17.8 Å². The van der Waals surface area contributed by atoms with Crippen LogP contribution in [0.1, 0.15) is 51.4 Å². The number of allylic oxidation sites excluding steroid dienone is 3. The van der Waals surface area contributed by atoms with Gasteiger partial charge in [0.05, 0.1) is 23.1 Å². The summed E-state index contributed by atoms with van der Waals surface area (Å²) in [5, 5.41) is 13.0. The molecule has 8 nitrogen and oxygen atoms in total. The largest absolute Gasteiger partial charge is 0.481 e. The zero-order valence-electron chi connectivity index (χ0n) is 25.2. The van der Waals surface area contributed by atoms with E-state index in [9.17, 15) is 49.5 Å². The summed E-state index contributed by atoms with van der Waals surface area (Å²) in [5.74, 6) is -3.68. The molecule has 3 fully saturated rings. The number of benzene rings is 1. The predicted octanol–water partition coefficient (Wildman–Crippen LogP) is 6.85. The molecule has 260 valence electrons. The van der Waals surface area contributed by atoms with E-state index in [0.717, 1.165) is 6.08 Å². The molecule has 1 aromatic heterocycles. The number of carboxylic acids is 1. The summed E-state index contributed by atoms with van der Waals surface area (Å²) in [6, 6.07) is 4.65. The minimum atomic E-state index is -6.31. The third-order valence-corrected chi connectivity index (χ3v) is 13.2. The molecule has 1 aromatic carbocycles. The van der Waals surface area contributed by atoms with Crippen molar-refractivity contribution < 1.29 is 58.4 Å². The third-order valence-electron chi connectivity index (χ3n) is 10.6. The number of fused-ring (bicyclic) bond motifs is 3. The Balaban J connectivity index is 1.43. The molecule has 1 saturated heterocycles. The minimum Gasteiger partial charge on any atom is -0.481 e. The van der Waals surface area contributed by atoms with Gasteiger partial charge in [-0.2, -0.15) is 26.3 Å². The summed E-state index contributed by atoms with van der Waals surface area (Å²) in [6.07, 6.45) is -8.86. The van der Waals surface area contributed by atoms with Crippen molar-refractivity contribution in [2.75, 3.05) is 6.54 Å². The molecule has 1 aliphatic heterocycles. The van der Waals surface area contributed by atoms with Crippen LogP contribution >= 0.6 is 0 Å². The van der Waals surface area contributed by atoms with Gasteiger partial charge in [-0.25, -0.2) is 12.8 Å². The minimum absolute atomic E-state index is 0.0437. The van der Waals surface area contributed by atoms with Crippen LogP contribution in [0.4, 0.5) is 30.7 Å². The highest BCUT2D eigenvalue weighted by molar-refractivity contribution is 7.93. The van der Waals surface area contributed by atoms with Gasteiger partial charge < -0.3 is 14.5 Å². The summed E-state index contributed by atoms with van der Waals surface area (Å²) in [7, 11) is -4.49. The molecule has 2 saturated carbocycles. The molecule has 1 amide bonds. The van der Waals surface area contributed by atoms with Crippen LogP contribution in [-0.2, 0) is 19.4 Å². The van der Waals surface area contributed by atoms with Crippen molar-refractivity contribution in [3.8, 4) is 11.1 Å². The van der Waals surface area contributed by atoms with E-state index in [1.54, 1.807) is 0 Å². The van der Waals surface area contributed by atoms with E-state index >= 15 is 4.39 Å². The maximum Gasteiger partial charge on any atom is 0.435 e. The number of halogens is 7. The van der Waals surface area contributed by atoms with Gasteiger partial charge in [0, 0.05) is 18.0 Å². The van der Waals surface area contributed by atoms with Crippen LogP contribution in [0, 0.1) is 17.8 Å². The van der Waals surface area contributed by atoms with Gasteiger partial charge in [0.2, 0.25) is 5.91 Å². The highest BCUT2D eigenvalue weighted by Gasteiger charge is 2.75. The van der Waals surface area contributed by atoms with Gasteiger partial charge in [-0.15, -0.1) is 0 Å². The molecule has 2 heterocycles. The Morgan fingerprint density at radius 1 is 0.875 bits per heavy atom. The van der Waals surface area contributed by atoms with Crippen LogP contribution in [0.3, 0.4) is 0 Å². The topological polar surface area (TPSA) is 118 Å². The molecule has 1 N–H and O–H groups in total. The lowest BCUT2D eigenvalue weighted by molar-refractivity contribution is -0.327. The van der Waals surface area contributed by atoms with E-state index in [-0.39, 0.29) is 67.9 Å². The molecular formula is C32H31F7N2O6S. The Hall–Kier alpha value is -3.69. The maximum atomic E-state index is 15.2. The fourth-order valence-electron chi connectivity index (χ4n) is 8.18. The standard InChI is InChI=1S/C32H31F7N2O6S/c33-30(31(34,35)36,32(37,38)39)23-8-11-25-21(15-23)7-12-26-29(25,13-14-41(26)27(42)19-1-3-20(4-2-19)28(43)44)48(45,46)24-9-5-18(6-10-24)22-16-40-47-17-22/h5-6,8-11,16-17,19-21,26H,1-4,7,12-15H2,(H,43,44). The van der Waals surface area contributed by atoms with Crippen LogP contribution in [0.15, 0.2) is 69.4 Å². The van der Waals surface area contributed by atoms with E-state index < -0.39 is 74.4 Å². The monoisotopic (exact) mass is 704 g/mol. The van der Waals surface area contributed by atoms with E-state index in [4.69, 9.17) is 4.52 Å². The predicted molar refractivity (Wildman–Crippen MR) is 155 cm³/mol. The lowest BCUT2D eigenvalue weighted by atomic mass is 9.67. The molecule has 2 aromatic rings. The quantitative estimate of drug-likeness (QED) is 0.327. The normalized spacial score (nSPS) is 28.3. The van der Waals surface area contributed by atoms with Crippen molar-refractivity contribution in [1.29, 1.82) is 0 Å². The molecule has 3 unspecified atom stereocenters. The summed E-state index contributed by atoms with van der Waals surface area (Å²) in [6.45, 7) is -0.0564. The Bertz CT molecular complexity index is 1730. The van der Waals surface area contributed by atoms with E-state index in [1.165, 1.54) is 41.6 Å². The number of hydrogen-bond acceptors (Lipinski definition) is 6. The highest BCUT2D eigenvalue weighted by Crippen LogP contribution is 2.59. The van der Waals surface area contributed by atoms with E-state index in [1.807, 2.05) is 0 Å². The lowest BCUT2D eigenvalue weighted by Crippen LogP contribution is -2.59. The zero-order valence-corrected chi connectivity index (χ0v) is 26.0. The number of hydrogen-bond donors (Lipinski definition) is 1. The van der Waals surface area contributed by atoms with Crippen LogP contribution in [-0.4, -0.2) is 70.8 Å². The second-order valence-electron chi connectivity index (χ2n) is 13.0. The zero-order chi connectivity index (χ0) is 34.9. The SMILES string of the molecule is O=C(O)C1CCC(C(=O)N2CCC3(S(=O)(=O)c4ccc(-c5cnoc5)cc4)C4=CC=C(C(F)(C(F)(F)F)C(F)(F)F)CC4CCC23)CC1. The molecule has 0 bridgehead atoms. The van der Waals surface area contributed by atoms with E-state index in [2.05, 4.69) is 5.16 Å². The van der Waals surface area contributed by atoms with Crippen molar-refractivity contribution in [3.05, 3.63) is 60.0 Å². The molecule has 6 rings (SSSR count). The molecule has 16 heteroatoms. The molecule has 0 spiro atoms. The third kappa shape index (κ3) is 5.16. The summed E-state index contributed by atoms with van der Waals surface area (Å²) in [4.78, 5) is 26.6. The molecule has 3 atom stereocenters. The number of rotatable bonds is 6. The Morgan fingerprint density at radius 2 is 1.50 bits per heavy atom. The molecule has 0 radical (unpaired) electrons. The van der Waals surface area contributed by atoms with Crippen LogP contribution in [0.2, 0.25) is 0 Å². The molecule has 3 aliphatic carbocycles. The van der Waals surface area contributed by atoms with Gasteiger partial charge in [-0.3, -0.25) is 9.59 Å². The number of likely N-dealkylation sites (tertiary alicyclic amines) is 1. The fourth-order valence-corrected chi connectivity index (χ4v) is 10.6. The number of aromatic nitrogens is 1. The first-order valence-electron chi connectivity index (χ1n) is 15.4. The van der Waals surface area contributed by atoms with Crippen molar-refractivity contribution in [1.82, 2.24) is 10.1 Å². The Morgan fingerprint density at radius 3 is 2.06 bits per heavy atom. The van der Waals surface area contributed by atoms with Gasteiger partial charge in [-0.1, -0.05) is 29.4 Å². The van der Waals surface area contributed by atoms with Gasteiger partial charge >= 0.3 is 24.0 Å². The highest BCUT2D eigenvalue weighted by atomic mass is 32.2. The second kappa shape index (κ2) is 11.7. The number of nitrogens with zero attached hydrogens (tertiary/aromatic N) is 2. The van der Waals surface area contributed by atoms with Crippen LogP contribution in [0.5, 0.6) is 0 Å². The Kier molecular flexibility index (Phi) is 8.35. The molecule has 4 aliphatic rings. The van der Waals surface area contributed by atoms with Crippen molar-refractivity contribution in [3.63, 3.8) is 0 Å². The summed E-state index contributed by atoms with van der Waals surface area (Å²) >= 11 is 0. The van der Waals surface area contributed by atoms with E-state index in [0.29, 0.717) is 17.2 Å². The van der Waals surface area contributed by atoms with Gasteiger partial charge in [0.25, 0.3) is 0 Å². The molecular weight excluding hydrogens is 673 g/mol. The average Bonchev–Trinajstić information content (AvgIpc) is 3.72. The molecule has 48 heavy (non-hydrogen) atoms. The lowest BCUT2D eigenvalue weighted by Gasteiger charge is -2.48. The van der Waals surface area contributed by atoms with Crippen molar-refractivity contribution >= 4 is 21.7 Å². The van der Waals surface area contributed by atoms with Gasteiger partial charge in [-0.05, 0) is 86.1 Å². The van der Waals surface area contributed by atoms with Gasteiger partial charge in [0.15, 0.2) is 9.84 Å². The first-order valence-corrected chi connectivity index (χ1v) is 16.9. The van der Waals surface area contributed by atoms with Crippen molar-refractivity contribution in [2.45, 2.75) is 85.1 Å². The maximum absolute atomic E-state index is 15.2. The van der Waals surface area contributed by atoms with Gasteiger partial charge in [0.1, 0.15) is 11.0 Å². The average molecular weight is 705 g/mol. The number of alkyl halides is 7. The number of sulfone groups is 1. The second-order valence-corrected chi connectivity index (χ2v) is 15.2. The first-order chi connectivity index (χ1) is 22.4. The number of amides is 1. The number of aliphatic carboxylic acids is 1. The Labute approximate surface area is 270 Å². The first kappa shape index (κ1) is 34.2. The van der Waals surface area contributed by atoms with Crippen LogP contribution in [0.25, 0.3) is 11.1 Å². The fraction of sp³-hybridized carbons (Fsp3) is 0.531. The number of carboxylic acid groups (broad SMARTS) is 1. The number of carbonyl (C=O) groups excluding carboxylic acids is 1. The van der Waals surface area contributed by atoms with Crippen LogP contribution < -0.4 is 0 Å². The number of carbonyl (C=O) groups is 2. The smallest absolute Gasteiger partial charge is 0.435 e. The summed E-state index contributed by atoms with van der Waals surface area (Å²) in [5.41, 5.74) is -6.02.